The van der Waals surface area contributed by atoms with E-state index >= 15 is 0 Å². The van der Waals surface area contributed by atoms with Gasteiger partial charge in [-0.1, -0.05) is 64.6 Å². The van der Waals surface area contributed by atoms with Crippen LogP contribution in [0.15, 0.2) is 66.9 Å². The molecule has 0 aliphatic carbocycles. The van der Waals surface area contributed by atoms with Gasteiger partial charge in [0, 0.05) is 16.8 Å². The molecule has 1 amide bonds. The SMILES string of the molecule is Cc1cc(OCc2ccc(C(=O)Nc3nn(Cc4ccc(Cl)c(Cl)c4)cc3Cl)cc2)ccc1Cl. The molecular formula is C25H19Cl4N3O2. The maximum atomic E-state index is 12.7. The number of anilines is 1. The average Bonchev–Trinajstić information content (AvgIpc) is 3.15. The van der Waals surface area contributed by atoms with Gasteiger partial charge in [-0.15, -0.1) is 0 Å². The third kappa shape index (κ3) is 6.05. The predicted octanol–water partition coefficient (Wildman–Crippen LogP) is 7.68. The lowest BCUT2D eigenvalue weighted by Crippen LogP contribution is -2.13. The van der Waals surface area contributed by atoms with Gasteiger partial charge in [0.15, 0.2) is 5.82 Å². The second-order valence-electron chi connectivity index (χ2n) is 7.62. The summed E-state index contributed by atoms with van der Waals surface area (Å²) in [5.74, 6) is 0.689. The minimum Gasteiger partial charge on any atom is -0.489 e. The Hall–Kier alpha value is -2.70. The Labute approximate surface area is 217 Å². The van der Waals surface area contributed by atoms with Crippen LogP contribution in [0.3, 0.4) is 0 Å². The largest absolute Gasteiger partial charge is 0.489 e. The number of carbonyl (C=O) groups excluding carboxylic acids is 1. The number of aryl methyl sites for hydroxylation is 1. The summed E-state index contributed by atoms with van der Waals surface area (Å²) in [7, 11) is 0. The molecule has 0 aliphatic rings. The minimum absolute atomic E-state index is 0.275. The fourth-order valence-corrected chi connectivity index (χ4v) is 3.83. The maximum Gasteiger partial charge on any atom is 0.256 e. The topological polar surface area (TPSA) is 56.1 Å². The van der Waals surface area contributed by atoms with Crippen LogP contribution in [0.25, 0.3) is 0 Å². The molecule has 0 spiro atoms. The van der Waals surface area contributed by atoms with Gasteiger partial charge < -0.3 is 10.1 Å². The van der Waals surface area contributed by atoms with Crippen LogP contribution in [0.2, 0.25) is 20.1 Å². The summed E-state index contributed by atoms with van der Waals surface area (Å²) < 4.78 is 7.42. The van der Waals surface area contributed by atoms with Crippen molar-refractivity contribution < 1.29 is 9.53 Å². The number of hydrogen-bond acceptors (Lipinski definition) is 3. The summed E-state index contributed by atoms with van der Waals surface area (Å²) in [5, 5.41) is 9.08. The minimum atomic E-state index is -0.317. The molecule has 34 heavy (non-hydrogen) atoms. The Morgan fingerprint density at radius 2 is 1.59 bits per heavy atom. The van der Waals surface area contributed by atoms with E-state index in [1.54, 1.807) is 41.2 Å². The number of rotatable bonds is 7. The van der Waals surface area contributed by atoms with Gasteiger partial charge in [0.05, 0.1) is 16.6 Å². The standard InChI is InChI=1S/C25H19Cl4N3O2/c1-15-10-19(7-9-20(15)26)34-14-16-2-5-18(6-3-16)25(33)30-24-23(29)13-32(31-24)12-17-4-8-21(27)22(28)11-17/h2-11,13H,12,14H2,1H3,(H,30,31,33). The third-order valence-corrected chi connectivity index (χ3v) is 6.47. The Morgan fingerprint density at radius 3 is 2.29 bits per heavy atom. The number of nitrogens with one attached hydrogen (secondary N) is 1. The van der Waals surface area contributed by atoms with Crippen LogP contribution < -0.4 is 10.1 Å². The molecule has 4 aromatic rings. The lowest BCUT2D eigenvalue weighted by molar-refractivity contribution is 0.102. The summed E-state index contributed by atoms with van der Waals surface area (Å²) in [6.07, 6.45) is 1.64. The number of halogens is 4. The fourth-order valence-electron chi connectivity index (χ4n) is 3.19. The van der Waals surface area contributed by atoms with E-state index in [0.717, 1.165) is 22.4 Å². The van der Waals surface area contributed by atoms with Crippen molar-refractivity contribution in [1.82, 2.24) is 9.78 Å². The molecule has 1 heterocycles. The van der Waals surface area contributed by atoms with Crippen molar-refractivity contribution in [3.05, 3.63) is 109 Å². The number of ether oxygens (including phenoxy) is 1. The zero-order chi connectivity index (χ0) is 24.2. The van der Waals surface area contributed by atoms with Crippen molar-refractivity contribution >= 4 is 58.1 Å². The van der Waals surface area contributed by atoms with Gasteiger partial charge >= 0.3 is 0 Å². The van der Waals surface area contributed by atoms with Crippen LogP contribution in [-0.2, 0) is 13.2 Å². The second kappa shape index (κ2) is 10.7. The molecule has 4 rings (SSSR count). The first-order valence-corrected chi connectivity index (χ1v) is 11.8. The smallest absolute Gasteiger partial charge is 0.256 e. The first-order valence-electron chi connectivity index (χ1n) is 10.2. The molecule has 0 bridgehead atoms. The van der Waals surface area contributed by atoms with Gasteiger partial charge in [-0.2, -0.15) is 5.10 Å². The number of carbonyl (C=O) groups is 1. The number of hydrogen-bond donors (Lipinski definition) is 1. The van der Waals surface area contributed by atoms with E-state index in [1.165, 1.54) is 0 Å². The Kier molecular flexibility index (Phi) is 7.69. The van der Waals surface area contributed by atoms with Crippen LogP contribution >= 0.6 is 46.4 Å². The molecule has 0 unspecified atom stereocenters. The van der Waals surface area contributed by atoms with Gasteiger partial charge in [0.25, 0.3) is 5.91 Å². The number of aromatic nitrogens is 2. The van der Waals surface area contributed by atoms with E-state index < -0.39 is 0 Å². The zero-order valence-corrected chi connectivity index (χ0v) is 21.0. The van der Waals surface area contributed by atoms with Crippen molar-refractivity contribution in [3.8, 4) is 5.75 Å². The summed E-state index contributed by atoms with van der Waals surface area (Å²) in [6, 6.07) is 18.0. The third-order valence-electron chi connectivity index (χ3n) is 5.03. The van der Waals surface area contributed by atoms with Crippen LogP contribution in [-0.4, -0.2) is 15.7 Å². The first-order chi connectivity index (χ1) is 16.3. The molecule has 0 aliphatic heterocycles. The monoisotopic (exact) mass is 533 g/mol. The molecule has 9 heteroatoms. The molecule has 0 radical (unpaired) electrons. The van der Waals surface area contributed by atoms with E-state index in [0.29, 0.717) is 38.8 Å². The van der Waals surface area contributed by atoms with E-state index in [2.05, 4.69) is 10.4 Å². The van der Waals surface area contributed by atoms with Crippen LogP contribution in [0.1, 0.15) is 27.0 Å². The van der Waals surface area contributed by atoms with Gasteiger partial charge in [0.2, 0.25) is 0 Å². The van der Waals surface area contributed by atoms with Crippen molar-refractivity contribution in [2.24, 2.45) is 0 Å². The molecule has 0 saturated heterocycles. The number of nitrogens with zero attached hydrogens (tertiary/aromatic N) is 2. The van der Waals surface area contributed by atoms with Crippen molar-refractivity contribution in [2.45, 2.75) is 20.1 Å². The highest BCUT2D eigenvalue weighted by Crippen LogP contribution is 2.25. The molecule has 3 aromatic carbocycles. The lowest BCUT2D eigenvalue weighted by atomic mass is 10.1. The van der Waals surface area contributed by atoms with E-state index in [1.807, 2.05) is 37.3 Å². The number of amides is 1. The van der Waals surface area contributed by atoms with E-state index in [9.17, 15) is 4.79 Å². The van der Waals surface area contributed by atoms with Crippen molar-refractivity contribution in [2.75, 3.05) is 5.32 Å². The maximum absolute atomic E-state index is 12.7. The highest BCUT2D eigenvalue weighted by molar-refractivity contribution is 6.42. The van der Waals surface area contributed by atoms with Gasteiger partial charge in [-0.3, -0.25) is 9.48 Å². The molecule has 1 aromatic heterocycles. The normalized spacial score (nSPS) is 10.9. The molecule has 5 nitrogen and oxygen atoms in total. The summed E-state index contributed by atoms with van der Waals surface area (Å²) in [6.45, 7) is 2.72. The molecule has 0 saturated carbocycles. The lowest BCUT2D eigenvalue weighted by Gasteiger charge is -2.09. The van der Waals surface area contributed by atoms with Crippen LogP contribution in [0.5, 0.6) is 5.75 Å². The second-order valence-corrected chi connectivity index (χ2v) is 9.25. The number of benzene rings is 3. The summed E-state index contributed by atoms with van der Waals surface area (Å²) in [5.41, 5.74) is 3.25. The predicted molar refractivity (Wildman–Crippen MR) is 138 cm³/mol. The Morgan fingerprint density at radius 1 is 0.882 bits per heavy atom. The van der Waals surface area contributed by atoms with Crippen LogP contribution in [0, 0.1) is 6.92 Å². The first kappa shape index (κ1) is 24.4. The molecule has 0 atom stereocenters. The fraction of sp³-hybridized carbons (Fsp3) is 0.120. The zero-order valence-electron chi connectivity index (χ0n) is 18.0. The highest BCUT2D eigenvalue weighted by Gasteiger charge is 2.13. The van der Waals surface area contributed by atoms with E-state index in [-0.39, 0.29) is 11.7 Å². The van der Waals surface area contributed by atoms with Crippen molar-refractivity contribution in [3.63, 3.8) is 0 Å². The Bertz CT molecular complexity index is 1340. The van der Waals surface area contributed by atoms with Crippen LogP contribution in [0.4, 0.5) is 5.82 Å². The van der Waals surface area contributed by atoms with Gasteiger partial charge in [-0.05, 0) is 66.1 Å². The highest BCUT2D eigenvalue weighted by atomic mass is 35.5. The van der Waals surface area contributed by atoms with Crippen molar-refractivity contribution in [1.29, 1.82) is 0 Å². The van der Waals surface area contributed by atoms with Gasteiger partial charge in [0.1, 0.15) is 17.4 Å². The molecule has 174 valence electrons. The molecule has 0 fully saturated rings. The average molecular weight is 535 g/mol. The summed E-state index contributed by atoms with van der Waals surface area (Å²) in [4.78, 5) is 12.7. The summed E-state index contributed by atoms with van der Waals surface area (Å²) >= 11 is 24.3. The van der Waals surface area contributed by atoms with E-state index in [4.69, 9.17) is 51.1 Å². The molecule has 1 N–H and O–H groups in total. The quantitative estimate of drug-likeness (QED) is 0.264. The van der Waals surface area contributed by atoms with Gasteiger partial charge in [-0.25, -0.2) is 0 Å². The molecular weight excluding hydrogens is 516 g/mol. The Balaban J connectivity index is 1.36.